The average Bonchev–Trinajstić information content (AvgIpc) is 2.83. The van der Waals surface area contributed by atoms with Crippen molar-refractivity contribution in [2.45, 2.75) is 26.4 Å². The Balaban J connectivity index is 1.79. The van der Waals surface area contributed by atoms with Gasteiger partial charge in [0.1, 0.15) is 0 Å². The summed E-state index contributed by atoms with van der Waals surface area (Å²) in [5.41, 5.74) is 4.22. The van der Waals surface area contributed by atoms with Crippen molar-refractivity contribution in [3.8, 4) is 11.5 Å². The molecule has 3 rings (SSSR count). The first-order valence-electron chi connectivity index (χ1n) is 10.3. The molecule has 2 aromatic carbocycles. The molecule has 0 atom stereocenters. The maximum Gasteiger partial charge on any atom is 0.247 e. The van der Waals surface area contributed by atoms with E-state index in [1.165, 1.54) is 5.56 Å². The first-order valence-corrected chi connectivity index (χ1v) is 10.3. The molecule has 1 aromatic heterocycles. The fourth-order valence-electron chi connectivity index (χ4n) is 3.25. The third-order valence-electron chi connectivity index (χ3n) is 5.04. The molecule has 0 saturated carbocycles. The molecular formula is C26H28N2O3. The molecule has 0 aliphatic heterocycles. The first kappa shape index (κ1) is 22.1. The Labute approximate surface area is 184 Å². The predicted octanol–water partition coefficient (Wildman–Crippen LogP) is 4.90. The molecule has 0 N–H and O–H groups in total. The summed E-state index contributed by atoms with van der Waals surface area (Å²) in [4.78, 5) is 19.1. The second kappa shape index (κ2) is 11.0. The summed E-state index contributed by atoms with van der Waals surface area (Å²) in [6.45, 7) is 3.14. The fourth-order valence-corrected chi connectivity index (χ4v) is 3.25. The van der Waals surface area contributed by atoms with Crippen LogP contribution in [0.2, 0.25) is 0 Å². The minimum Gasteiger partial charge on any atom is -0.493 e. The highest BCUT2D eigenvalue weighted by molar-refractivity contribution is 5.91. The molecule has 0 aliphatic carbocycles. The standard InChI is InChI=1S/C26H28N2O3/c1-4-20-7-9-22(10-8-20)18-28(19-23-6-5-15-27-17-23)26(29)14-12-21-11-13-24(30-2)25(16-21)31-3/h5-17H,4,18-19H2,1-3H3/b14-12+. The summed E-state index contributed by atoms with van der Waals surface area (Å²) in [7, 11) is 3.19. The van der Waals surface area contributed by atoms with E-state index < -0.39 is 0 Å². The number of carbonyl (C=O) groups excluding carboxylic acids is 1. The van der Waals surface area contributed by atoms with Crippen LogP contribution in [0.25, 0.3) is 6.08 Å². The van der Waals surface area contributed by atoms with E-state index in [-0.39, 0.29) is 5.91 Å². The van der Waals surface area contributed by atoms with Gasteiger partial charge in [-0.05, 0) is 52.9 Å². The lowest BCUT2D eigenvalue weighted by molar-refractivity contribution is -0.127. The Hall–Kier alpha value is -3.60. The third kappa shape index (κ3) is 6.19. The molecule has 1 heterocycles. The van der Waals surface area contributed by atoms with Gasteiger partial charge in [0.05, 0.1) is 14.2 Å². The largest absolute Gasteiger partial charge is 0.493 e. The van der Waals surface area contributed by atoms with Gasteiger partial charge in [0.15, 0.2) is 11.5 Å². The molecule has 0 saturated heterocycles. The van der Waals surface area contributed by atoms with Gasteiger partial charge in [0.2, 0.25) is 5.91 Å². The predicted molar refractivity (Wildman–Crippen MR) is 123 cm³/mol. The molecule has 0 radical (unpaired) electrons. The molecule has 0 unspecified atom stereocenters. The molecule has 0 aliphatic rings. The number of ether oxygens (including phenoxy) is 2. The zero-order valence-electron chi connectivity index (χ0n) is 18.2. The molecule has 3 aromatic rings. The normalized spacial score (nSPS) is 10.8. The molecule has 0 fully saturated rings. The zero-order valence-corrected chi connectivity index (χ0v) is 18.2. The summed E-state index contributed by atoms with van der Waals surface area (Å²) < 4.78 is 10.6. The van der Waals surface area contributed by atoms with Crippen LogP contribution in [-0.2, 0) is 24.3 Å². The van der Waals surface area contributed by atoms with Gasteiger partial charge < -0.3 is 14.4 Å². The molecular weight excluding hydrogens is 388 g/mol. The summed E-state index contributed by atoms with van der Waals surface area (Å²) in [5, 5.41) is 0. The Morgan fingerprint density at radius 3 is 2.29 bits per heavy atom. The quantitative estimate of drug-likeness (QED) is 0.466. The number of benzene rings is 2. The molecule has 31 heavy (non-hydrogen) atoms. The lowest BCUT2D eigenvalue weighted by atomic mass is 10.1. The van der Waals surface area contributed by atoms with E-state index in [1.807, 2.05) is 35.2 Å². The lowest BCUT2D eigenvalue weighted by Crippen LogP contribution is -2.28. The van der Waals surface area contributed by atoms with Crippen molar-refractivity contribution in [1.82, 2.24) is 9.88 Å². The van der Waals surface area contributed by atoms with Crippen molar-refractivity contribution in [2.75, 3.05) is 14.2 Å². The van der Waals surface area contributed by atoms with E-state index in [0.717, 1.165) is 23.1 Å². The van der Waals surface area contributed by atoms with Crippen LogP contribution in [0.15, 0.2) is 73.1 Å². The van der Waals surface area contributed by atoms with Crippen LogP contribution in [0.1, 0.15) is 29.2 Å². The highest BCUT2D eigenvalue weighted by atomic mass is 16.5. The van der Waals surface area contributed by atoms with Crippen molar-refractivity contribution in [2.24, 2.45) is 0 Å². The lowest BCUT2D eigenvalue weighted by Gasteiger charge is -2.21. The Morgan fingerprint density at radius 1 is 0.935 bits per heavy atom. The summed E-state index contributed by atoms with van der Waals surface area (Å²) in [6.07, 6.45) is 7.90. The summed E-state index contributed by atoms with van der Waals surface area (Å²) in [6, 6.07) is 17.8. The maximum absolute atomic E-state index is 13.1. The van der Waals surface area contributed by atoms with Crippen LogP contribution in [-0.4, -0.2) is 30.0 Å². The second-order valence-electron chi connectivity index (χ2n) is 7.17. The van der Waals surface area contributed by atoms with E-state index >= 15 is 0 Å². The van der Waals surface area contributed by atoms with E-state index in [9.17, 15) is 4.79 Å². The van der Waals surface area contributed by atoms with Gasteiger partial charge in [0, 0.05) is 31.6 Å². The van der Waals surface area contributed by atoms with Crippen molar-refractivity contribution in [3.05, 3.63) is 95.3 Å². The number of hydrogen-bond donors (Lipinski definition) is 0. The van der Waals surface area contributed by atoms with Crippen molar-refractivity contribution in [1.29, 1.82) is 0 Å². The van der Waals surface area contributed by atoms with Crippen LogP contribution >= 0.6 is 0 Å². The van der Waals surface area contributed by atoms with Crippen LogP contribution < -0.4 is 9.47 Å². The third-order valence-corrected chi connectivity index (χ3v) is 5.04. The van der Waals surface area contributed by atoms with Crippen LogP contribution in [0.4, 0.5) is 0 Å². The van der Waals surface area contributed by atoms with E-state index in [0.29, 0.717) is 24.6 Å². The monoisotopic (exact) mass is 416 g/mol. The fraction of sp³-hybridized carbons (Fsp3) is 0.231. The maximum atomic E-state index is 13.1. The van der Waals surface area contributed by atoms with Crippen molar-refractivity contribution < 1.29 is 14.3 Å². The highest BCUT2D eigenvalue weighted by Gasteiger charge is 2.13. The number of rotatable bonds is 9. The number of amides is 1. The molecule has 5 nitrogen and oxygen atoms in total. The van der Waals surface area contributed by atoms with Gasteiger partial charge in [0.25, 0.3) is 0 Å². The minimum absolute atomic E-state index is 0.0711. The van der Waals surface area contributed by atoms with E-state index in [1.54, 1.807) is 38.8 Å². The van der Waals surface area contributed by atoms with Gasteiger partial charge in [-0.1, -0.05) is 43.3 Å². The summed E-state index contributed by atoms with van der Waals surface area (Å²) in [5.74, 6) is 1.21. The number of hydrogen-bond acceptors (Lipinski definition) is 4. The van der Waals surface area contributed by atoms with Crippen LogP contribution in [0.3, 0.4) is 0 Å². The second-order valence-corrected chi connectivity index (χ2v) is 7.17. The molecule has 0 spiro atoms. The van der Waals surface area contributed by atoms with Gasteiger partial charge in [-0.2, -0.15) is 0 Å². The topological polar surface area (TPSA) is 51.7 Å². The Morgan fingerprint density at radius 2 is 1.65 bits per heavy atom. The minimum atomic E-state index is -0.0711. The van der Waals surface area contributed by atoms with Gasteiger partial charge >= 0.3 is 0 Å². The highest BCUT2D eigenvalue weighted by Crippen LogP contribution is 2.28. The number of aryl methyl sites for hydroxylation is 1. The number of carbonyl (C=O) groups is 1. The van der Waals surface area contributed by atoms with Crippen LogP contribution in [0, 0.1) is 0 Å². The average molecular weight is 417 g/mol. The summed E-state index contributed by atoms with van der Waals surface area (Å²) >= 11 is 0. The SMILES string of the molecule is CCc1ccc(CN(Cc2cccnc2)C(=O)/C=C/c2ccc(OC)c(OC)c2)cc1. The van der Waals surface area contributed by atoms with Crippen molar-refractivity contribution in [3.63, 3.8) is 0 Å². The first-order chi connectivity index (χ1) is 15.1. The van der Waals surface area contributed by atoms with Gasteiger partial charge in [-0.15, -0.1) is 0 Å². The van der Waals surface area contributed by atoms with Gasteiger partial charge in [-0.3, -0.25) is 9.78 Å². The Kier molecular flexibility index (Phi) is 7.82. The molecule has 1 amide bonds. The van der Waals surface area contributed by atoms with E-state index in [4.69, 9.17) is 9.47 Å². The number of pyridine rings is 1. The molecule has 0 bridgehead atoms. The number of aromatic nitrogens is 1. The zero-order chi connectivity index (χ0) is 22.1. The number of methoxy groups -OCH3 is 2. The smallest absolute Gasteiger partial charge is 0.247 e. The molecule has 160 valence electrons. The van der Waals surface area contributed by atoms with Crippen LogP contribution in [0.5, 0.6) is 11.5 Å². The Bertz CT molecular complexity index is 1010. The molecule has 5 heteroatoms. The van der Waals surface area contributed by atoms with E-state index in [2.05, 4.69) is 36.2 Å². The number of nitrogens with zero attached hydrogens (tertiary/aromatic N) is 2. The van der Waals surface area contributed by atoms with Gasteiger partial charge in [-0.25, -0.2) is 0 Å². The van der Waals surface area contributed by atoms with Crippen molar-refractivity contribution >= 4 is 12.0 Å².